The molecule has 0 atom stereocenters. The van der Waals surface area contributed by atoms with Crippen molar-refractivity contribution in [3.8, 4) is 0 Å². The van der Waals surface area contributed by atoms with Crippen molar-refractivity contribution in [3.63, 3.8) is 0 Å². The smallest absolute Gasteiger partial charge is 0.254 e. The van der Waals surface area contributed by atoms with E-state index in [1.165, 1.54) is 5.56 Å². The molecule has 0 spiro atoms. The van der Waals surface area contributed by atoms with Crippen molar-refractivity contribution < 1.29 is 4.79 Å². The summed E-state index contributed by atoms with van der Waals surface area (Å²) in [6, 6.07) is 6.05. The van der Waals surface area contributed by atoms with Gasteiger partial charge >= 0.3 is 0 Å². The fourth-order valence-corrected chi connectivity index (χ4v) is 2.88. The molecule has 0 unspecified atom stereocenters. The first-order chi connectivity index (χ1) is 9.11. The number of benzene rings is 1. The SMILES string of the molecule is Cc1ccc(C(=O)N2CCC(CCN)CC2)c(C)c1. The molecule has 1 amide bonds. The van der Waals surface area contributed by atoms with E-state index in [-0.39, 0.29) is 5.91 Å². The number of carbonyl (C=O) groups is 1. The van der Waals surface area contributed by atoms with E-state index in [0.29, 0.717) is 5.92 Å². The average Bonchev–Trinajstić information content (AvgIpc) is 2.39. The first kappa shape index (κ1) is 14.1. The second-order valence-electron chi connectivity index (χ2n) is 5.63. The van der Waals surface area contributed by atoms with Gasteiger partial charge in [0.15, 0.2) is 0 Å². The molecule has 0 saturated carbocycles. The second-order valence-corrected chi connectivity index (χ2v) is 5.63. The highest BCUT2D eigenvalue weighted by Crippen LogP contribution is 2.22. The Balaban J connectivity index is 2.01. The van der Waals surface area contributed by atoms with E-state index in [1.807, 2.05) is 24.0 Å². The second kappa shape index (κ2) is 6.20. The number of nitrogens with zero attached hydrogens (tertiary/aromatic N) is 1. The van der Waals surface area contributed by atoms with Gasteiger partial charge in [-0.05, 0) is 57.2 Å². The van der Waals surface area contributed by atoms with Crippen LogP contribution in [0.25, 0.3) is 0 Å². The number of amides is 1. The quantitative estimate of drug-likeness (QED) is 0.907. The molecule has 3 nitrogen and oxygen atoms in total. The summed E-state index contributed by atoms with van der Waals surface area (Å²) in [6.07, 6.45) is 3.27. The predicted octanol–water partition coefficient (Wildman–Crippen LogP) is 2.50. The Morgan fingerprint density at radius 3 is 2.58 bits per heavy atom. The lowest BCUT2D eigenvalue weighted by molar-refractivity contribution is 0.0687. The van der Waals surface area contributed by atoms with Crippen LogP contribution in [0.5, 0.6) is 0 Å². The average molecular weight is 260 g/mol. The highest BCUT2D eigenvalue weighted by molar-refractivity contribution is 5.95. The van der Waals surface area contributed by atoms with Crippen molar-refractivity contribution in [1.29, 1.82) is 0 Å². The summed E-state index contributed by atoms with van der Waals surface area (Å²) >= 11 is 0. The third kappa shape index (κ3) is 3.35. The minimum absolute atomic E-state index is 0.184. The number of aryl methyl sites for hydroxylation is 2. The number of hydrogen-bond acceptors (Lipinski definition) is 2. The number of carbonyl (C=O) groups excluding carboxylic acids is 1. The van der Waals surface area contributed by atoms with Gasteiger partial charge in [-0.3, -0.25) is 4.79 Å². The molecule has 1 fully saturated rings. The number of hydrogen-bond donors (Lipinski definition) is 1. The number of likely N-dealkylation sites (tertiary alicyclic amines) is 1. The van der Waals surface area contributed by atoms with Gasteiger partial charge in [0.2, 0.25) is 0 Å². The number of nitrogens with two attached hydrogens (primary N) is 1. The standard InChI is InChI=1S/C16H24N2O/c1-12-3-4-15(13(2)11-12)16(19)18-9-6-14(5-8-17)7-10-18/h3-4,11,14H,5-10,17H2,1-2H3. The molecule has 0 aromatic heterocycles. The highest BCUT2D eigenvalue weighted by atomic mass is 16.2. The van der Waals surface area contributed by atoms with Crippen LogP contribution in [-0.4, -0.2) is 30.4 Å². The fraction of sp³-hybridized carbons (Fsp3) is 0.562. The van der Waals surface area contributed by atoms with E-state index in [0.717, 1.165) is 50.0 Å². The van der Waals surface area contributed by atoms with Crippen LogP contribution < -0.4 is 5.73 Å². The van der Waals surface area contributed by atoms with Crippen LogP contribution in [0, 0.1) is 19.8 Å². The summed E-state index contributed by atoms with van der Waals surface area (Å²) in [4.78, 5) is 14.5. The molecular formula is C16H24N2O. The molecule has 1 aliphatic heterocycles. The summed E-state index contributed by atoms with van der Waals surface area (Å²) in [5, 5.41) is 0. The lowest BCUT2D eigenvalue weighted by Gasteiger charge is -2.32. The van der Waals surface area contributed by atoms with Crippen LogP contribution >= 0.6 is 0 Å². The van der Waals surface area contributed by atoms with Crippen molar-refractivity contribution in [2.75, 3.05) is 19.6 Å². The molecular weight excluding hydrogens is 236 g/mol. The molecule has 0 aliphatic carbocycles. The molecule has 1 aliphatic rings. The van der Waals surface area contributed by atoms with Gasteiger partial charge in [-0.15, -0.1) is 0 Å². The van der Waals surface area contributed by atoms with E-state index in [2.05, 4.69) is 13.0 Å². The lowest BCUT2D eigenvalue weighted by atomic mass is 9.93. The van der Waals surface area contributed by atoms with E-state index >= 15 is 0 Å². The third-order valence-electron chi connectivity index (χ3n) is 4.09. The Morgan fingerprint density at radius 1 is 1.32 bits per heavy atom. The Bertz CT molecular complexity index is 448. The number of rotatable bonds is 3. The molecule has 1 aromatic rings. The maximum Gasteiger partial charge on any atom is 0.254 e. The predicted molar refractivity (Wildman–Crippen MR) is 78.2 cm³/mol. The Kier molecular flexibility index (Phi) is 4.59. The minimum atomic E-state index is 0.184. The highest BCUT2D eigenvalue weighted by Gasteiger charge is 2.23. The van der Waals surface area contributed by atoms with Gasteiger partial charge in [0, 0.05) is 18.7 Å². The summed E-state index contributed by atoms with van der Waals surface area (Å²) in [6.45, 7) is 6.57. The first-order valence-corrected chi connectivity index (χ1v) is 7.18. The van der Waals surface area contributed by atoms with E-state index in [9.17, 15) is 4.79 Å². The fourth-order valence-electron chi connectivity index (χ4n) is 2.88. The molecule has 2 rings (SSSR count). The summed E-state index contributed by atoms with van der Waals surface area (Å²) in [7, 11) is 0. The molecule has 19 heavy (non-hydrogen) atoms. The van der Waals surface area contributed by atoms with Crippen LogP contribution in [0.3, 0.4) is 0 Å². The van der Waals surface area contributed by atoms with Crippen LogP contribution in [0.15, 0.2) is 18.2 Å². The summed E-state index contributed by atoms with van der Waals surface area (Å²) in [5.41, 5.74) is 8.73. The first-order valence-electron chi connectivity index (χ1n) is 7.18. The van der Waals surface area contributed by atoms with E-state index < -0.39 is 0 Å². The Labute approximate surface area is 115 Å². The van der Waals surface area contributed by atoms with Crippen molar-refractivity contribution in [2.45, 2.75) is 33.1 Å². The molecule has 2 N–H and O–H groups in total. The van der Waals surface area contributed by atoms with Crippen molar-refractivity contribution >= 4 is 5.91 Å². The zero-order chi connectivity index (χ0) is 13.8. The normalized spacial score (nSPS) is 16.7. The topological polar surface area (TPSA) is 46.3 Å². The van der Waals surface area contributed by atoms with Gasteiger partial charge in [-0.2, -0.15) is 0 Å². The van der Waals surface area contributed by atoms with Crippen LogP contribution in [0.4, 0.5) is 0 Å². The zero-order valence-corrected chi connectivity index (χ0v) is 12.0. The van der Waals surface area contributed by atoms with Crippen LogP contribution in [-0.2, 0) is 0 Å². The largest absolute Gasteiger partial charge is 0.339 e. The van der Waals surface area contributed by atoms with Crippen molar-refractivity contribution in [2.24, 2.45) is 11.7 Å². The van der Waals surface area contributed by atoms with Crippen molar-refractivity contribution in [3.05, 3.63) is 34.9 Å². The zero-order valence-electron chi connectivity index (χ0n) is 12.0. The van der Waals surface area contributed by atoms with Crippen molar-refractivity contribution in [1.82, 2.24) is 4.90 Å². The van der Waals surface area contributed by atoms with Gasteiger partial charge in [-0.1, -0.05) is 17.7 Å². The van der Waals surface area contributed by atoms with Gasteiger partial charge < -0.3 is 10.6 Å². The number of piperidine rings is 1. The minimum Gasteiger partial charge on any atom is -0.339 e. The monoisotopic (exact) mass is 260 g/mol. The van der Waals surface area contributed by atoms with Gasteiger partial charge in [0.25, 0.3) is 5.91 Å². The molecule has 104 valence electrons. The van der Waals surface area contributed by atoms with Gasteiger partial charge in [0.1, 0.15) is 0 Å². The molecule has 0 bridgehead atoms. The summed E-state index contributed by atoms with van der Waals surface area (Å²) < 4.78 is 0. The van der Waals surface area contributed by atoms with Gasteiger partial charge in [-0.25, -0.2) is 0 Å². The lowest BCUT2D eigenvalue weighted by Crippen LogP contribution is -2.39. The van der Waals surface area contributed by atoms with Crippen LogP contribution in [0.1, 0.15) is 40.7 Å². The Hall–Kier alpha value is -1.35. The maximum absolute atomic E-state index is 12.5. The third-order valence-corrected chi connectivity index (χ3v) is 4.09. The van der Waals surface area contributed by atoms with Gasteiger partial charge in [0.05, 0.1) is 0 Å². The Morgan fingerprint density at radius 2 is 2.00 bits per heavy atom. The van der Waals surface area contributed by atoms with Crippen LogP contribution in [0.2, 0.25) is 0 Å². The molecule has 1 heterocycles. The molecule has 1 aromatic carbocycles. The molecule has 1 saturated heterocycles. The van der Waals surface area contributed by atoms with E-state index in [1.54, 1.807) is 0 Å². The maximum atomic E-state index is 12.5. The molecule has 3 heteroatoms. The summed E-state index contributed by atoms with van der Waals surface area (Å²) in [5.74, 6) is 0.886. The molecule has 0 radical (unpaired) electrons. The van der Waals surface area contributed by atoms with E-state index in [4.69, 9.17) is 5.73 Å².